The Hall–Kier alpha value is -2.48. The molecule has 0 fully saturated rings. The number of aromatic amines is 2. The molecule has 23 heavy (non-hydrogen) atoms. The number of aromatic nitrogens is 3. The van der Waals surface area contributed by atoms with E-state index in [0.717, 1.165) is 0 Å². The van der Waals surface area contributed by atoms with E-state index >= 15 is 0 Å². The van der Waals surface area contributed by atoms with Crippen LogP contribution in [0.4, 0.5) is 0 Å². The van der Waals surface area contributed by atoms with Crippen molar-refractivity contribution in [3.8, 4) is 0 Å². The van der Waals surface area contributed by atoms with E-state index in [-0.39, 0.29) is 29.2 Å². The summed E-state index contributed by atoms with van der Waals surface area (Å²) >= 11 is 0. The first kappa shape index (κ1) is 16.9. The number of carbonyl (C=O) groups excluding carboxylic acids is 1. The second-order valence-electron chi connectivity index (χ2n) is 6.19. The lowest BCUT2D eigenvalue weighted by Gasteiger charge is -2.33. The van der Waals surface area contributed by atoms with Gasteiger partial charge >= 0.3 is 5.69 Å². The highest BCUT2D eigenvalue weighted by Gasteiger charge is 2.29. The molecule has 0 aliphatic heterocycles. The molecule has 1 amide bonds. The molecule has 1 atom stereocenters. The van der Waals surface area contributed by atoms with Gasteiger partial charge in [0.2, 0.25) is 0 Å². The maximum absolute atomic E-state index is 12.5. The van der Waals surface area contributed by atoms with Crippen molar-refractivity contribution in [2.24, 2.45) is 11.7 Å². The van der Waals surface area contributed by atoms with Gasteiger partial charge in [-0.05, 0) is 31.4 Å². The van der Waals surface area contributed by atoms with Crippen molar-refractivity contribution in [3.05, 3.63) is 38.2 Å². The van der Waals surface area contributed by atoms with Crippen LogP contribution in [-0.4, -0.2) is 32.9 Å². The van der Waals surface area contributed by atoms with E-state index in [1.54, 1.807) is 6.92 Å². The molecule has 2 rings (SSSR count). The van der Waals surface area contributed by atoms with Gasteiger partial charge in [0.25, 0.3) is 11.5 Å². The molecule has 0 saturated carbocycles. The van der Waals surface area contributed by atoms with Crippen LogP contribution < -0.4 is 22.3 Å². The summed E-state index contributed by atoms with van der Waals surface area (Å²) in [6.07, 6.45) is 0. The normalized spacial score (nSPS) is 14.0. The molecule has 2 heterocycles. The van der Waals surface area contributed by atoms with E-state index in [9.17, 15) is 14.4 Å². The molecular formula is C15H21N5O3. The van der Waals surface area contributed by atoms with Crippen LogP contribution in [0, 0.1) is 12.8 Å². The van der Waals surface area contributed by atoms with Gasteiger partial charge in [-0.25, -0.2) is 9.78 Å². The fourth-order valence-electron chi connectivity index (χ4n) is 2.22. The van der Waals surface area contributed by atoms with Crippen LogP contribution >= 0.6 is 0 Å². The van der Waals surface area contributed by atoms with Gasteiger partial charge in [-0.3, -0.25) is 19.6 Å². The van der Waals surface area contributed by atoms with E-state index in [4.69, 9.17) is 5.73 Å². The van der Waals surface area contributed by atoms with E-state index < -0.39 is 22.7 Å². The van der Waals surface area contributed by atoms with Crippen LogP contribution in [0.5, 0.6) is 0 Å². The molecule has 1 unspecified atom stereocenters. The number of H-pyrrole nitrogens is 2. The van der Waals surface area contributed by atoms with Gasteiger partial charge in [0.05, 0.1) is 10.9 Å². The monoisotopic (exact) mass is 319 g/mol. The van der Waals surface area contributed by atoms with Crippen molar-refractivity contribution in [2.75, 3.05) is 6.54 Å². The zero-order valence-corrected chi connectivity index (χ0v) is 13.6. The molecule has 2 aromatic rings. The number of nitrogens with two attached hydrogens (primary N) is 1. The molecule has 5 N–H and O–H groups in total. The molecule has 8 heteroatoms. The quantitative estimate of drug-likeness (QED) is 0.630. The average molecular weight is 319 g/mol. The van der Waals surface area contributed by atoms with Crippen molar-refractivity contribution in [2.45, 2.75) is 33.2 Å². The fourth-order valence-corrected chi connectivity index (χ4v) is 2.22. The third-order valence-electron chi connectivity index (χ3n) is 4.23. The summed E-state index contributed by atoms with van der Waals surface area (Å²) in [4.78, 5) is 44.4. The number of nitrogens with one attached hydrogen (secondary N) is 3. The minimum absolute atomic E-state index is 0.0860. The highest BCUT2D eigenvalue weighted by atomic mass is 16.2. The second kappa shape index (κ2) is 5.96. The minimum Gasteiger partial charge on any atom is -0.344 e. The summed E-state index contributed by atoms with van der Waals surface area (Å²) in [6.45, 7) is 7.74. The number of carbonyl (C=O) groups is 1. The molecular weight excluding hydrogens is 298 g/mol. The molecule has 124 valence electrons. The highest BCUT2D eigenvalue weighted by molar-refractivity contribution is 5.95. The van der Waals surface area contributed by atoms with Gasteiger partial charge < -0.3 is 11.1 Å². The molecule has 8 nitrogen and oxygen atoms in total. The molecule has 2 aromatic heterocycles. The molecule has 0 saturated heterocycles. The number of fused-ring (bicyclic) bond motifs is 1. The van der Waals surface area contributed by atoms with E-state index in [2.05, 4.69) is 20.3 Å². The molecule has 0 aromatic carbocycles. The van der Waals surface area contributed by atoms with Crippen LogP contribution in [0.1, 0.15) is 36.8 Å². The number of amides is 1. The zero-order valence-electron chi connectivity index (χ0n) is 13.6. The summed E-state index contributed by atoms with van der Waals surface area (Å²) in [5.41, 5.74) is 4.75. The smallest absolute Gasteiger partial charge is 0.327 e. The Bertz CT molecular complexity index is 868. The molecule has 0 aliphatic carbocycles. The topological polar surface area (TPSA) is 134 Å². The van der Waals surface area contributed by atoms with E-state index in [1.165, 1.54) is 6.07 Å². The lowest BCUT2D eigenvalue weighted by atomic mass is 9.88. The predicted molar refractivity (Wildman–Crippen MR) is 87.5 cm³/mol. The minimum atomic E-state index is -0.666. The van der Waals surface area contributed by atoms with Crippen LogP contribution in [0.3, 0.4) is 0 Å². The molecule has 0 aliphatic rings. The number of rotatable bonds is 4. The van der Waals surface area contributed by atoms with Crippen molar-refractivity contribution >= 4 is 16.9 Å². The van der Waals surface area contributed by atoms with Gasteiger partial charge in [-0.15, -0.1) is 0 Å². The molecule has 0 radical (unpaired) electrons. The van der Waals surface area contributed by atoms with E-state index in [1.807, 2.05) is 20.8 Å². The number of pyridine rings is 1. The first-order chi connectivity index (χ1) is 10.7. The predicted octanol–water partition coefficient (Wildman–Crippen LogP) is 0.0230. The van der Waals surface area contributed by atoms with Gasteiger partial charge in [-0.2, -0.15) is 0 Å². The van der Waals surface area contributed by atoms with Gasteiger partial charge in [-0.1, -0.05) is 13.8 Å². The second-order valence-corrected chi connectivity index (χ2v) is 6.19. The Morgan fingerprint density at radius 2 is 2.04 bits per heavy atom. The lowest BCUT2D eigenvalue weighted by Crippen LogP contribution is -2.55. The average Bonchev–Trinajstić information content (AvgIpc) is 2.45. The maximum atomic E-state index is 12.5. The van der Waals surface area contributed by atoms with Crippen molar-refractivity contribution in [1.29, 1.82) is 0 Å². The van der Waals surface area contributed by atoms with Gasteiger partial charge in [0.15, 0.2) is 0 Å². The standard InChI is InChI=1S/C15H21N5O3/c1-7(2)15(4,6-16)20-12(21)9-5-8(3)10-11(17-9)18-14(23)19-13(10)22/h5,7H,6,16H2,1-4H3,(H,20,21)(H2,17,18,19,22,23). The van der Waals surface area contributed by atoms with Gasteiger partial charge in [0.1, 0.15) is 11.3 Å². The van der Waals surface area contributed by atoms with Crippen molar-refractivity contribution in [3.63, 3.8) is 0 Å². The summed E-state index contributed by atoms with van der Waals surface area (Å²) in [6, 6.07) is 1.52. The highest BCUT2D eigenvalue weighted by Crippen LogP contribution is 2.17. The summed E-state index contributed by atoms with van der Waals surface area (Å²) in [5, 5.41) is 3.13. The Morgan fingerprint density at radius 1 is 1.39 bits per heavy atom. The largest absolute Gasteiger partial charge is 0.344 e. The summed E-state index contributed by atoms with van der Waals surface area (Å²) in [7, 11) is 0. The molecule has 0 bridgehead atoms. The third kappa shape index (κ3) is 3.16. The van der Waals surface area contributed by atoms with Crippen LogP contribution in [0.2, 0.25) is 0 Å². The Labute approximate surface area is 132 Å². The summed E-state index contributed by atoms with van der Waals surface area (Å²) in [5.74, 6) is -0.279. The van der Waals surface area contributed by atoms with Crippen LogP contribution in [0.15, 0.2) is 15.7 Å². The Balaban J connectivity index is 2.51. The SMILES string of the molecule is Cc1cc(C(=O)NC(C)(CN)C(C)C)nc2[nH]c(=O)[nH]c(=O)c12. The first-order valence-corrected chi connectivity index (χ1v) is 7.34. The van der Waals surface area contributed by atoms with Crippen LogP contribution in [-0.2, 0) is 0 Å². The van der Waals surface area contributed by atoms with Crippen LogP contribution in [0.25, 0.3) is 11.0 Å². The Morgan fingerprint density at radius 3 is 2.61 bits per heavy atom. The number of hydrogen-bond donors (Lipinski definition) is 4. The number of nitrogens with zero attached hydrogens (tertiary/aromatic N) is 1. The lowest BCUT2D eigenvalue weighted by molar-refractivity contribution is 0.0878. The first-order valence-electron chi connectivity index (χ1n) is 7.34. The zero-order chi connectivity index (χ0) is 17.4. The van der Waals surface area contributed by atoms with Crippen molar-refractivity contribution in [1.82, 2.24) is 20.3 Å². The summed E-state index contributed by atoms with van der Waals surface area (Å²) < 4.78 is 0. The Kier molecular flexibility index (Phi) is 4.37. The maximum Gasteiger partial charge on any atom is 0.327 e. The number of hydrogen-bond acceptors (Lipinski definition) is 5. The van der Waals surface area contributed by atoms with Gasteiger partial charge in [0, 0.05) is 6.54 Å². The van der Waals surface area contributed by atoms with E-state index in [0.29, 0.717) is 5.56 Å². The number of aryl methyl sites for hydroxylation is 1. The third-order valence-corrected chi connectivity index (χ3v) is 4.23. The van der Waals surface area contributed by atoms with Crippen molar-refractivity contribution < 1.29 is 4.79 Å². The fraction of sp³-hybridized carbons (Fsp3) is 0.467. The molecule has 0 spiro atoms.